The number of hydrogen-bond donors (Lipinski definition) is 5. The molecule has 15 nitrogen and oxygen atoms in total. The normalized spacial score (nSPS) is 10.8. The van der Waals surface area contributed by atoms with E-state index in [4.69, 9.17) is 18.9 Å². The lowest BCUT2D eigenvalue weighted by Gasteiger charge is -2.12. The molecule has 0 unspecified atom stereocenters. The van der Waals surface area contributed by atoms with Crippen LogP contribution in [0.2, 0.25) is 0 Å². The van der Waals surface area contributed by atoms with Gasteiger partial charge in [0, 0.05) is 43.0 Å². The first kappa shape index (κ1) is 42.3. The zero-order chi connectivity index (χ0) is 38.6. The monoisotopic (exact) mass is 755 g/mol. The van der Waals surface area contributed by atoms with Crippen molar-refractivity contribution in [3.8, 4) is 0 Å². The summed E-state index contributed by atoms with van der Waals surface area (Å²) in [6.45, 7) is 9.33. The van der Waals surface area contributed by atoms with Gasteiger partial charge in [0.25, 0.3) is 11.8 Å². The van der Waals surface area contributed by atoms with Gasteiger partial charge < -0.3 is 45.5 Å². The summed E-state index contributed by atoms with van der Waals surface area (Å²) in [6, 6.07) is 26.5. The molecule has 0 saturated carbocycles. The summed E-state index contributed by atoms with van der Waals surface area (Å²) < 4.78 is 22.1. The lowest BCUT2D eigenvalue weighted by Crippen LogP contribution is -2.27. The van der Waals surface area contributed by atoms with Gasteiger partial charge in [-0.25, -0.2) is 0 Å². The summed E-state index contributed by atoms with van der Waals surface area (Å²) in [6.07, 6.45) is 2.97. The highest BCUT2D eigenvalue weighted by molar-refractivity contribution is 5.94. The van der Waals surface area contributed by atoms with Crippen molar-refractivity contribution in [2.45, 2.75) is 19.3 Å². The fraction of sp³-hybridized carbons (Fsp3) is 0.400. The smallest absolute Gasteiger partial charge is 0.251 e. The van der Waals surface area contributed by atoms with Crippen LogP contribution in [0.25, 0.3) is 0 Å². The summed E-state index contributed by atoms with van der Waals surface area (Å²) in [5, 5.41) is 15.4. The number of nitrogens with zero attached hydrogens (tertiary/aromatic N) is 4. The molecule has 1 heterocycles. The Morgan fingerprint density at radius 2 is 1.05 bits per heavy atom. The Labute approximate surface area is 323 Å². The molecular weight excluding hydrogens is 702 g/mol. The molecule has 0 atom stereocenters. The summed E-state index contributed by atoms with van der Waals surface area (Å²) in [5.74, 6) is 0.840. The van der Waals surface area contributed by atoms with Crippen LogP contribution >= 0.6 is 0 Å². The number of anilines is 4. The van der Waals surface area contributed by atoms with Gasteiger partial charge in [-0.15, -0.1) is 0 Å². The topological polar surface area (TPSA) is 182 Å². The van der Waals surface area contributed by atoms with Crippen molar-refractivity contribution in [2.75, 3.05) is 102 Å². The van der Waals surface area contributed by atoms with Crippen molar-refractivity contribution in [3.63, 3.8) is 0 Å². The molecule has 0 aliphatic carbocycles. The number of rotatable bonds is 29. The number of nitrogens with one attached hydrogen (secondary N) is 5. The van der Waals surface area contributed by atoms with Gasteiger partial charge in [0.2, 0.25) is 17.8 Å². The molecule has 0 spiro atoms. The first-order valence-corrected chi connectivity index (χ1v) is 18.6. The molecule has 2 amide bonds. The van der Waals surface area contributed by atoms with Crippen LogP contribution in [-0.2, 0) is 25.4 Å². The van der Waals surface area contributed by atoms with Gasteiger partial charge in [-0.3, -0.25) is 14.6 Å². The standard InChI is InChI=1S/C40H53N9O6/c1-41-20-24-52-28-29-53-26-22-43-37(51)34-15-17-35(18-16-34)46-40-48-38(44-19-9-8-12-32-10-4-2-5-11-32)47-39(49-40)45-23-27-55-31-30-54-25-21-42-36(50)33-13-6-3-7-14-33/h2-7,10-11,13-18H,1,8-9,12,19-31H2,(H,42,50)(H,43,51)(H3,44,45,46,47,48,49). The molecule has 294 valence electrons. The van der Waals surface area contributed by atoms with Crippen molar-refractivity contribution in [3.05, 3.63) is 102 Å². The Morgan fingerprint density at radius 3 is 1.65 bits per heavy atom. The molecule has 0 bridgehead atoms. The second-order valence-corrected chi connectivity index (χ2v) is 12.1. The number of amides is 2. The zero-order valence-corrected chi connectivity index (χ0v) is 31.3. The van der Waals surface area contributed by atoms with Gasteiger partial charge in [0.15, 0.2) is 0 Å². The summed E-state index contributed by atoms with van der Waals surface area (Å²) in [7, 11) is 0. The molecule has 0 fully saturated rings. The zero-order valence-electron chi connectivity index (χ0n) is 31.3. The molecule has 0 aliphatic heterocycles. The second kappa shape index (κ2) is 26.3. The van der Waals surface area contributed by atoms with Gasteiger partial charge in [-0.05, 0) is 67.9 Å². The van der Waals surface area contributed by atoms with E-state index in [-0.39, 0.29) is 11.8 Å². The van der Waals surface area contributed by atoms with Gasteiger partial charge in [-0.1, -0.05) is 48.5 Å². The van der Waals surface area contributed by atoms with E-state index in [9.17, 15) is 9.59 Å². The van der Waals surface area contributed by atoms with Crippen LogP contribution in [0.4, 0.5) is 23.5 Å². The predicted octanol–water partition coefficient (Wildman–Crippen LogP) is 4.39. The van der Waals surface area contributed by atoms with Gasteiger partial charge in [-0.2, -0.15) is 15.0 Å². The Hall–Kier alpha value is -5.48. The molecule has 15 heteroatoms. The number of aryl methyl sites for hydroxylation is 1. The summed E-state index contributed by atoms with van der Waals surface area (Å²) in [4.78, 5) is 42.1. The molecule has 55 heavy (non-hydrogen) atoms. The molecule has 3 aromatic carbocycles. The third-order valence-electron chi connectivity index (χ3n) is 7.82. The Bertz CT molecular complexity index is 1670. The number of hydrogen-bond acceptors (Lipinski definition) is 13. The fourth-order valence-corrected chi connectivity index (χ4v) is 5.00. The van der Waals surface area contributed by atoms with E-state index < -0.39 is 0 Å². The SMILES string of the molecule is C=NCCOCCOCCNC(=O)c1ccc(Nc2nc(NCCCCc3ccccc3)nc(NCCOCCOCCNC(=O)c3ccccc3)n2)cc1. The molecule has 1 aromatic heterocycles. The minimum Gasteiger partial charge on any atom is -0.377 e. The molecule has 0 saturated heterocycles. The largest absolute Gasteiger partial charge is 0.377 e. The Kier molecular flexibility index (Phi) is 20.2. The molecule has 0 aliphatic rings. The van der Waals surface area contributed by atoms with E-state index in [1.54, 1.807) is 36.4 Å². The number of unbranched alkanes of at least 4 members (excludes halogenated alkanes) is 1. The Balaban J connectivity index is 1.19. The minimum atomic E-state index is -0.199. The first-order chi connectivity index (χ1) is 27.1. The lowest BCUT2D eigenvalue weighted by molar-refractivity contribution is 0.0512. The van der Waals surface area contributed by atoms with Crippen LogP contribution in [0, 0.1) is 0 Å². The van der Waals surface area contributed by atoms with Crippen LogP contribution in [0.5, 0.6) is 0 Å². The summed E-state index contributed by atoms with van der Waals surface area (Å²) in [5.41, 5.74) is 3.16. The average Bonchev–Trinajstić information content (AvgIpc) is 3.21. The predicted molar refractivity (Wildman–Crippen MR) is 215 cm³/mol. The fourth-order valence-electron chi connectivity index (χ4n) is 5.00. The molecule has 5 N–H and O–H groups in total. The van der Waals surface area contributed by atoms with Crippen molar-refractivity contribution in [1.82, 2.24) is 25.6 Å². The molecular formula is C40H53N9O6. The van der Waals surface area contributed by atoms with Crippen LogP contribution in [0.1, 0.15) is 39.1 Å². The lowest BCUT2D eigenvalue weighted by atomic mass is 10.1. The van der Waals surface area contributed by atoms with Gasteiger partial charge >= 0.3 is 0 Å². The Morgan fingerprint density at radius 1 is 0.545 bits per heavy atom. The molecule has 4 rings (SSSR count). The maximum absolute atomic E-state index is 12.6. The van der Waals surface area contributed by atoms with Crippen molar-refractivity contribution in [1.29, 1.82) is 0 Å². The number of aromatic nitrogens is 3. The first-order valence-electron chi connectivity index (χ1n) is 18.6. The van der Waals surface area contributed by atoms with E-state index in [1.807, 2.05) is 24.3 Å². The van der Waals surface area contributed by atoms with Crippen molar-refractivity contribution >= 4 is 42.1 Å². The number of carbonyl (C=O) groups excluding carboxylic acids is 2. The highest BCUT2D eigenvalue weighted by Crippen LogP contribution is 2.17. The summed E-state index contributed by atoms with van der Waals surface area (Å²) >= 11 is 0. The number of aliphatic imine (C=N–C) groups is 1. The van der Waals surface area contributed by atoms with E-state index in [2.05, 4.69) is 77.5 Å². The third-order valence-corrected chi connectivity index (χ3v) is 7.82. The third kappa shape index (κ3) is 17.9. The van der Waals surface area contributed by atoms with Gasteiger partial charge in [0.05, 0.1) is 59.4 Å². The number of carbonyl (C=O) groups is 2. The minimum absolute atomic E-state index is 0.128. The quantitative estimate of drug-likeness (QED) is 0.0390. The van der Waals surface area contributed by atoms with Crippen LogP contribution in [0.3, 0.4) is 0 Å². The maximum atomic E-state index is 12.6. The van der Waals surface area contributed by atoms with E-state index in [0.717, 1.165) is 19.3 Å². The molecule has 0 radical (unpaired) electrons. The highest BCUT2D eigenvalue weighted by Gasteiger charge is 2.10. The van der Waals surface area contributed by atoms with Crippen LogP contribution < -0.4 is 26.6 Å². The van der Waals surface area contributed by atoms with Crippen LogP contribution in [0.15, 0.2) is 89.9 Å². The number of ether oxygens (including phenoxy) is 4. The van der Waals surface area contributed by atoms with Crippen molar-refractivity contribution < 1.29 is 28.5 Å². The van der Waals surface area contributed by atoms with E-state index >= 15 is 0 Å². The van der Waals surface area contributed by atoms with E-state index in [1.165, 1.54) is 5.56 Å². The highest BCUT2D eigenvalue weighted by atomic mass is 16.5. The maximum Gasteiger partial charge on any atom is 0.251 e. The van der Waals surface area contributed by atoms with Crippen LogP contribution in [-0.4, -0.2) is 119 Å². The van der Waals surface area contributed by atoms with Gasteiger partial charge in [0.1, 0.15) is 0 Å². The van der Waals surface area contributed by atoms with Crippen molar-refractivity contribution in [2.24, 2.45) is 4.99 Å². The molecule has 4 aromatic rings. The second-order valence-electron chi connectivity index (χ2n) is 12.1. The van der Waals surface area contributed by atoms with E-state index in [0.29, 0.717) is 120 Å². The number of benzene rings is 3. The average molecular weight is 756 g/mol.